The number of unbranched alkanes of at least 4 members (excludes halogenated alkanes) is 2. The quantitative estimate of drug-likeness (QED) is 0.525. The van der Waals surface area contributed by atoms with Crippen LogP contribution in [0.3, 0.4) is 0 Å². The van der Waals surface area contributed by atoms with Crippen molar-refractivity contribution in [2.24, 2.45) is 0 Å². The molecule has 0 aliphatic carbocycles. The highest BCUT2D eigenvalue weighted by atomic mass is 32.2. The highest BCUT2D eigenvalue weighted by Crippen LogP contribution is 2.20. The molecule has 4 heteroatoms. The molecular weight excluding hydrogens is 176 g/mol. The molecular formula is C7H12N2S2. The zero-order valence-electron chi connectivity index (χ0n) is 6.62. The van der Waals surface area contributed by atoms with Crippen molar-refractivity contribution in [3.8, 4) is 0 Å². The number of nitrogens with zero attached hydrogens (tertiary/aromatic N) is 2. The highest BCUT2D eigenvalue weighted by molar-refractivity contribution is 8.00. The summed E-state index contributed by atoms with van der Waals surface area (Å²) in [6.45, 7) is 2.22. The van der Waals surface area contributed by atoms with Crippen LogP contribution in [0.5, 0.6) is 0 Å². The lowest BCUT2D eigenvalue weighted by molar-refractivity contribution is 0.778. The van der Waals surface area contributed by atoms with Crippen LogP contribution in [-0.2, 0) is 0 Å². The second kappa shape index (κ2) is 5.55. The van der Waals surface area contributed by atoms with E-state index in [4.69, 9.17) is 0 Å². The van der Waals surface area contributed by atoms with Crippen LogP contribution in [0.25, 0.3) is 0 Å². The standard InChI is InChI=1S/C7H12N2S2/c1-2-3-4-5-10-7-9-8-6-11-7/h6H,2-5H2,1H3. The second-order valence-electron chi connectivity index (χ2n) is 2.26. The van der Waals surface area contributed by atoms with Gasteiger partial charge in [-0.3, -0.25) is 0 Å². The Bertz CT molecular complexity index is 175. The van der Waals surface area contributed by atoms with Crippen molar-refractivity contribution >= 4 is 23.1 Å². The molecule has 0 amide bonds. The molecule has 0 aromatic carbocycles. The molecule has 0 radical (unpaired) electrons. The molecule has 2 nitrogen and oxygen atoms in total. The van der Waals surface area contributed by atoms with E-state index in [0.29, 0.717) is 0 Å². The largest absolute Gasteiger partial charge is 0.174 e. The van der Waals surface area contributed by atoms with Crippen molar-refractivity contribution in [3.63, 3.8) is 0 Å². The van der Waals surface area contributed by atoms with Crippen molar-refractivity contribution in [2.75, 3.05) is 5.75 Å². The fourth-order valence-electron chi connectivity index (χ4n) is 0.737. The highest BCUT2D eigenvalue weighted by Gasteiger charge is 1.95. The Morgan fingerprint density at radius 2 is 2.45 bits per heavy atom. The molecule has 0 fully saturated rings. The van der Waals surface area contributed by atoms with Gasteiger partial charge in [-0.2, -0.15) is 0 Å². The summed E-state index contributed by atoms with van der Waals surface area (Å²) in [4.78, 5) is 0. The van der Waals surface area contributed by atoms with Gasteiger partial charge in [0.25, 0.3) is 0 Å². The molecule has 62 valence electrons. The van der Waals surface area contributed by atoms with Crippen LogP contribution < -0.4 is 0 Å². The molecule has 0 aliphatic rings. The van der Waals surface area contributed by atoms with Gasteiger partial charge < -0.3 is 0 Å². The summed E-state index contributed by atoms with van der Waals surface area (Å²) in [5, 5.41) is 7.71. The van der Waals surface area contributed by atoms with Gasteiger partial charge in [-0.1, -0.05) is 42.9 Å². The summed E-state index contributed by atoms with van der Waals surface area (Å²) in [5.41, 5.74) is 1.78. The summed E-state index contributed by atoms with van der Waals surface area (Å²) in [7, 11) is 0. The maximum Gasteiger partial charge on any atom is 0.174 e. The second-order valence-corrected chi connectivity index (χ2v) is 4.44. The van der Waals surface area contributed by atoms with Crippen LogP contribution in [0.2, 0.25) is 0 Å². The van der Waals surface area contributed by atoms with Crippen LogP contribution in [0, 0.1) is 0 Å². The van der Waals surface area contributed by atoms with Gasteiger partial charge >= 0.3 is 0 Å². The van der Waals surface area contributed by atoms with Gasteiger partial charge in [0, 0.05) is 5.75 Å². The summed E-state index contributed by atoms with van der Waals surface area (Å²) in [6.07, 6.45) is 3.91. The van der Waals surface area contributed by atoms with E-state index >= 15 is 0 Å². The first-order valence-corrected chi connectivity index (χ1v) is 5.69. The molecule has 1 aromatic rings. The molecule has 0 spiro atoms. The normalized spacial score (nSPS) is 10.3. The number of hydrogen-bond acceptors (Lipinski definition) is 4. The van der Waals surface area contributed by atoms with Gasteiger partial charge in [0.05, 0.1) is 0 Å². The Hall–Kier alpha value is -0.0900. The Morgan fingerprint density at radius 3 is 3.09 bits per heavy atom. The first-order chi connectivity index (χ1) is 5.43. The molecule has 1 heterocycles. The van der Waals surface area contributed by atoms with Crippen molar-refractivity contribution in [2.45, 2.75) is 30.5 Å². The van der Waals surface area contributed by atoms with E-state index in [1.54, 1.807) is 16.8 Å². The molecule has 0 saturated heterocycles. The SMILES string of the molecule is CCCCCSc1nncs1. The van der Waals surface area contributed by atoms with E-state index in [1.165, 1.54) is 25.0 Å². The van der Waals surface area contributed by atoms with E-state index in [9.17, 15) is 0 Å². The number of rotatable bonds is 5. The zero-order chi connectivity index (χ0) is 7.94. The summed E-state index contributed by atoms with van der Waals surface area (Å²) in [6, 6.07) is 0. The maximum absolute atomic E-state index is 3.95. The molecule has 1 rings (SSSR count). The lowest BCUT2D eigenvalue weighted by Gasteiger charge is -1.94. The summed E-state index contributed by atoms with van der Waals surface area (Å²) >= 11 is 3.43. The third-order valence-electron chi connectivity index (χ3n) is 1.31. The van der Waals surface area contributed by atoms with Crippen molar-refractivity contribution in [1.82, 2.24) is 10.2 Å². The van der Waals surface area contributed by atoms with E-state index in [2.05, 4.69) is 17.1 Å². The summed E-state index contributed by atoms with van der Waals surface area (Å²) < 4.78 is 1.10. The molecule has 0 aliphatic heterocycles. The van der Waals surface area contributed by atoms with E-state index in [1.807, 2.05) is 11.8 Å². The van der Waals surface area contributed by atoms with Crippen molar-refractivity contribution < 1.29 is 0 Å². The minimum absolute atomic E-state index is 1.10. The molecule has 0 N–H and O–H groups in total. The van der Waals surface area contributed by atoms with Crippen molar-refractivity contribution in [3.05, 3.63) is 5.51 Å². The predicted molar refractivity (Wildman–Crippen MR) is 50.2 cm³/mol. The molecule has 1 aromatic heterocycles. The Morgan fingerprint density at radius 1 is 1.55 bits per heavy atom. The number of aromatic nitrogens is 2. The first-order valence-electron chi connectivity index (χ1n) is 3.82. The van der Waals surface area contributed by atoms with E-state index in [-0.39, 0.29) is 0 Å². The number of hydrogen-bond donors (Lipinski definition) is 0. The topological polar surface area (TPSA) is 25.8 Å². The lowest BCUT2D eigenvalue weighted by Crippen LogP contribution is -1.79. The van der Waals surface area contributed by atoms with E-state index in [0.717, 1.165) is 4.34 Å². The smallest absolute Gasteiger partial charge is 0.146 e. The molecule has 11 heavy (non-hydrogen) atoms. The number of thioether (sulfide) groups is 1. The fraction of sp³-hybridized carbons (Fsp3) is 0.714. The van der Waals surface area contributed by atoms with Crippen LogP contribution in [-0.4, -0.2) is 16.0 Å². The molecule has 0 unspecified atom stereocenters. The Kier molecular flexibility index (Phi) is 4.54. The Labute approximate surface area is 75.4 Å². The zero-order valence-corrected chi connectivity index (χ0v) is 8.25. The first kappa shape index (κ1) is 9.00. The maximum atomic E-state index is 3.95. The fourth-order valence-corrected chi connectivity index (χ4v) is 2.30. The third-order valence-corrected chi connectivity index (χ3v) is 3.26. The molecule has 0 bridgehead atoms. The monoisotopic (exact) mass is 188 g/mol. The van der Waals surface area contributed by atoms with Gasteiger partial charge in [0.15, 0.2) is 4.34 Å². The average molecular weight is 188 g/mol. The average Bonchev–Trinajstić information content (AvgIpc) is 2.50. The van der Waals surface area contributed by atoms with Gasteiger partial charge in [0.1, 0.15) is 5.51 Å². The van der Waals surface area contributed by atoms with Gasteiger partial charge in [-0.15, -0.1) is 10.2 Å². The van der Waals surface area contributed by atoms with Crippen LogP contribution >= 0.6 is 23.1 Å². The predicted octanol–water partition coefficient (Wildman–Crippen LogP) is 2.82. The van der Waals surface area contributed by atoms with Gasteiger partial charge in [-0.05, 0) is 6.42 Å². The Balaban J connectivity index is 2.04. The minimum Gasteiger partial charge on any atom is -0.146 e. The van der Waals surface area contributed by atoms with Gasteiger partial charge in [0.2, 0.25) is 0 Å². The van der Waals surface area contributed by atoms with Crippen molar-refractivity contribution in [1.29, 1.82) is 0 Å². The third kappa shape index (κ3) is 3.72. The van der Waals surface area contributed by atoms with Crippen LogP contribution in [0.15, 0.2) is 9.85 Å². The molecule has 0 atom stereocenters. The van der Waals surface area contributed by atoms with Gasteiger partial charge in [-0.25, -0.2) is 0 Å². The van der Waals surface area contributed by atoms with Crippen LogP contribution in [0.1, 0.15) is 26.2 Å². The molecule has 0 saturated carbocycles. The summed E-state index contributed by atoms with van der Waals surface area (Å²) in [5.74, 6) is 1.18. The minimum atomic E-state index is 1.10. The van der Waals surface area contributed by atoms with Crippen LogP contribution in [0.4, 0.5) is 0 Å². The van der Waals surface area contributed by atoms with E-state index < -0.39 is 0 Å². The lowest BCUT2D eigenvalue weighted by atomic mass is 10.3.